The quantitative estimate of drug-likeness (QED) is 0.456. The van der Waals surface area contributed by atoms with E-state index in [-0.39, 0.29) is 11.7 Å². The van der Waals surface area contributed by atoms with Gasteiger partial charge in [0.1, 0.15) is 12.0 Å². The second-order valence-corrected chi connectivity index (χ2v) is 4.14. The molecule has 0 bridgehead atoms. The van der Waals surface area contributed by atoms with E-state index in [1.54, 1.807) is 18.2 Å². The van der Waals surface area contributed by atoms with Crippen molar-refractivity contribution in [1.29, 1.82) is 0 Å². The Morgan fingerprint density at radius 2 is 2.12 bits per heavy atom. The average Bonchev–Trinajstić information content (AvgIpc) is 2.38. The summed E-state index contributed by atoms with van der Waals surface area (Å²) in [5.41, 5.74) is 0.621. The van der Waals surface area contributed by atoms with E-state index >= 15 is 0 Å². The number of carbonyl (C=O) groups is 1. The topological polar surface area (TPSA) is 63.5 Å². The minimum absolute atomic E-state index is 0.0706. The Hall–Kier alpha value is -1.91. The number of nitro groups is 1. The molecule has 0 N–H and O–H groups in total. The third-order valence-electron chi connectivity index (χ3n) is 3.09. The molecule has 0 saturated carbocycles. The van der Waals surface area contributed by atoms with Gasteiger partial charge in [-0.25, -0.2) is 0 Å². The van der Waals surface area contributed by atoms with E-state index in [0.29, 0.717) is 12.2 Å². The molecule has 17 heavy (non-hydrogen) atoms. The lowest BCUT2D eigenvalue weighted by Crippen LogP contribution is -2.40. The standard InChI is InChI=1S/C12H14N2O3/c15-9-10-5-3-4-8-13(10)11-6-1-2-7-12(11)14(16)17/h1-2,6-7,9-10H,3-5,8H2. The SMILES string of the molecule is O=CC1CCCCN1c1ccccc1[N+](=O)[O-]. The second-order valence-electron chi connectivity index (χ2n) is 4.14. The molecule has 0 spiro atoms. The van der Waals surface area contributed by atoms with Crippen LogP contribution in [0.4, 0.5) is 11.4 Å². The first-order valence-electron chi connectivity index (χ1n) is 5.69. The van der Waals surface area contributed by atoms with E-state index in [0.717, 1.165) is 25.5 Å². The van der Waals surface area contributed by atoms with Crippen LogP contribution in [0.5, 0.6) is 0 Å². The van der Waals surface area contributed by atoms with Crippen LogP contribution in [0.25, 0.3) is 0 Å². The Labute approximate surface area is 99.2 Å². The number of para-hydroxylation sites is 2. The largest absolute Gasteiger partial charge is 0.356 e. The van der Waals surface area contributed by atoms with Gasteiger partial charge in [0, 0.05) is 12.6 Å². The van der Waals surface area contributed by atoms with Gasteiger partial charge < -0.3 is 9.69 Å². The molecule has 1 aliphatic heterocycles. The first-order valence-corrected chi connectivity index (χ1v) is 5.69. The minimum atomic E-state index is -0.397. The summed E-state index contributed by atoms with van der Waals surface area (Å²) < 4.78 is 0. The summed E-state index contributed by atoms with van der Waals surface area (Å²) in [6, 6.07) is 6.36. The van der Waals surface area contributed by atoms with Crippen molar-refractivity contribution in [2.24, 2.45) is 0 Å². The van der Waals surface area contributed by atoms with Crippen LogP contribution in [0.1, 0.15) is 19.3 Å². The lowest BCUT2D eigenvalue weighted by Gasteiger charge is -2.33. The highest BCUT2D eigenvalue weighted by Crippen LogP contribution is 2.31. The van der Waals surface area contributed by atoms with Crippen LogP contribution in [-0.2, 0) is 4.79 Å². The van der Waals surface area contributed by atoms with Gasteiger partial charge in [-0.1, -0.05) is 12.1 Å². The summed E-state index contributed by atoms with van der Waals surface area (Å²) in [5, 5.41) is 10.9. The predicted octanol–water partition coefficient (Wildman–Crippen LogP) is 2.15. The third kappa shape index (κ3) is 2.27. The van der Waals surface area contributed by atoms with Crippen molar-refractivity contribution in [1.82, 2.24) is 0 Å². The summed E-state index contributed by atoms with van der Waals surface area (Å²) in [5.74, 6) is 0. The summed E-state index contributed by atoms with van der Waals surface area (Å²) in [6.45, 7) is 0.703. The Bertz CT molecular complexity index is 434. The summed E-state index contributed by atoms with van der Waals surface area (Å²) in [4.78, 5) is 23.4. The molecule has 1 unspecified atom stereocenters. The monoisotopic (exact) mass is 234 g/mol. The lowest BCUT2D eigenvalue weighted by molar-refractivity contribution is -0.384. The summed E-state index contributed by atoms with van der Waals surface area (Å²) in [6.07, 6.45) is 3.63. The van der Waals surface area contributed by atoms with Crippen molar-refractivity contribution in [2.75, 3.05) is 11.4 Å². The van der Waals surface area contributed by atoms with E-state index in [4.69, 9.17) is 0 Å². The molecule has 0 aliphatic carbocycles. The van der Waals surface area contributed by atoms with Crippen LogP contribution in [0.3, 0.4) is 0 Å². The molecular formula is C12H14N2O3. The molecule has 0 radical (unpaired) electrons. The molecule has 1 saturated heterocycles. The molecule has 5 nitrogen and oxygen atoms in total. The maximum absolute atomic E-state index is 11.0. The number of benzene rings is 1. The zero-order valence-electron chi connectivity index (χ0n) is 9.41. The van der Waals surface area contributed by atoms with E-state index in [1.165, 1.54) is 6.07 Å². The van der Waals surface area contributed by atoms with E-state index < -0.39 is 4.92 Å². The molecule has 1 aromatic carbocycles. The molecule has 1 aromatic rings. The highest BCUT2D eigenvalue weighted by molar-refractivity contribution is 5.71. The minimum Gasteiger partial charge on any atom is -0.356 e. The van der Waals surface area contributed by atoms with Crippen molar-refractivity contribution >= 4 is 17.7 Å². The van der Waals surface area contributed by atoms with Crippen LogP contribution in [-0.4, -0.2) is 23.8 Å². The number of anilines is 1. The maximum atomic E-state index is 11.0. The van der Waals surface area contributed by atoms with Gasteiger partial charge in [-0.15, -0.1) is 0 Å². The Morgan fingerprint density at radius 1 is 1.35 bits per heavy atom. The number of hydrogen-bond donors (Lipinski definition) is 0. The van der Waals surface area contributed by atoms with Gasteiger partial charge in [-0.05, 0) is 25.3 Å². The van der Waals surface area contributed by atoms with Gasteiger partial charge in [-0.2, -0.15) is 0 Å². The van der Waals surface area contributed by atoms with Gasteiger partial charge in [-0.3, -0.25) is 10.1 Å². The molecule has 1 aliphatic rings. The van der Waals surface area contributed by atoms with Gasteiger partial charge in [0.25, 0.3) is 5.69 Å². The normalized spacial score (nSPS) is 20.0. The van der Waals surface area contributed by atoms with Crippen LogP contribution >= 0.6 is 0 Å². The number of piperidine rings is 1. The predicted molar refractivity (Wildman–Crippen MR) is 64.1 cm³/mol. The van der Waals surface area contributed by atoms with Gasteiger partial charge in [0.2, 0.25) is 0 Å². The highest BCUT2D eigenvalue weighted by Gasteiger charge is 2.27. The molecule has 2 rings (SSSR count). The van der Waals surface area contributed by atoms with Gasteiger partial charge in [0.15, 0.2) is 0 Å². The Kier molecular flexibility index (Phi) is 3.37. The molecule has 1 heterocycles. The van der Waals surface area contributed by atoms with Crippen molar-refractivity contribution < 1.29 is 9.72 Å². The fraction of sp³-hybridized carbons (Fsp3) is 0.417. The zero-order chi connectivity index (χ0) is 12.3. The van der Waals surface area contributed by atoms with Crippen LogP contribution in [0.2, 0.25) is 0 Å². The number of nitro benzene ring substituents is 1. The van der Waals surface area contributed by atoms with Crippen LogP contribution < -0.4 is 4.90 Å². The first-order chi connectivity index (χ1) is 8.24. The number of aldehydes is 1. The smallest absolute Gasteiger partial charge is 0.292 e. The van der Waals surface area contributed by atoms with Crippen LogP contribution in [0, 0.1) is 10.1 Å². The lowest BCUT2D eigenvalue weighted by atomic mass is 10.0. The van der Waals surface area contributed by atoms with Gasteiger partial charge >= 0.3 is 0 Å². The first kappa shape index (κ1) is 11.6. The fourth-order valence-corrected chi connectivity index (χ4v) is 2.26. The molecular weight excluding hydrogens is 220 g/mol. The number of rotatable bonds is 3. The second kappa shape index (κ2) is 4.95. The number of hydrogen-bond acceptors (Lipinski definition) is 4. The number of carbonyl (C=O) groups excluding carboxylic acids is 1. The molecule has 0 amide bonds. The van der Waals surface area contributed by atoms with Crippen molar-refractivity contribution in [3.63, 3.8) is 0 Å². The van der Waals surface area contributed by atoms with Crippen molar-refractivity contribution in [3.8, 4) is 0 Å². The highest BCUT2D eigenvalue weighted by atomic mass is 16.6. The maximum Gasteiger partial charge on any atom is 0.292 e. The van der Waals surface area contributed by atoms with E-state index in [2.05, 4.69) is 0 Å². The van der Waals surface area contributed by atoms with Crippen LogP contribution in [0.15, 0.2) is 24.3 Å². The van der Waals surface area contributed by atoms with Gasteiger partial charge in [0.05, 0.1) is 11.0 Å². The summed E-state index contributed by atoms with van der Waals surface area (Å²) in [7, 11) is 0. The molecule has 1 atom stereocenters. The summed E-state index contributed by atoms with van der Waals surface area (Å²) >= 11 is 0. The number of nitrogens with zero attached hydrogens (tertiary/aromatic N) is 2. The fourth-order valence-electron chi connectivity index (χ4n) is 2.26. The van der Waals surface area contributed by atoms with Crippen molar-refractivity contribution in [2.45, 2.75) is 25.3 Å². The van der Waals surface area contributed by atoms with Crippen molar-refractivity contribution in [3.05, 3.63) is 34.4 Å². The third-order valence-corrected chi connectivity index (χ3v) is 3.09. The molecule has 0 aromatic heterocycles. The molecule has 1 fully saturated rings. The van der Waals surface area contributed by atoms with E-state index in [1.807, 2.05) is 4.90 Å². The average molecular weight is 234 g/mol. The molecule has 90 valence electrons. The Morgan fingerprint density at radius 3 is 2.82 bits per heavy atom. The van der Waals surface area contributed by atoms with E-state index in [9.17, 15) is 14.9 Å². The zero-order valence-corrected chi connectivity index (χ0v) is 9.41. The Balaban J connectivity index is 2.37. The molecule has 5 heteroatoms.